The number of anilines is 1. The molecule has 1 saturated heterocycles. The highest BCUT2D eigenvalue weighted by molar-refractivity contribution is 6.15. The van der Waals surface area contributed by atoms with Crippen molar-refractivity contribution in [3.8, 4) is 5.75 Å². The number of nitrogens with zero attached hydrogens (tertiary/aromatic N) is 1. The number of amides is 2. The van der Waals surface area contributed by atoms with Crippen LogP contribution in [0.2, 0.25) is 0 Å². The lowest BCUT2D eigenvalue weighted by atomic mass is 9.94. The Hall–Kier alpha value is -2.57. The minimum atomic E-state index is -1.61. The number of piperidine rings is 1. The smallest absolute Gasteiger partial charge is 0.309 e. The van der Waals surface area contributed by atoms with Crippen LogP contribution in [0.5, 0.6) is 5.75 Å². The van der Waals surface area contributed by atoms with Crippen LogP contribution < -0.4 is 10.1 Å². The minimum Gasteiger partial charge on any atom is -0.466 e. The lowest BCUT2D eigenvalue weighted by molar-refractivity contribution is -0.159. The zero-order chi connectivity index (χ0) is 18.0. The van der Waals surface area contributed by atoms with Crippen LogP contribution in [0, 0.1) is 5.92 Å². The van der Waals surface area contributed by atoms with Gasteiger partial charge in [0.25, 0.3) is 17.4 Å². The number of esters is 1. The van der Waals surface area contributed by atoms with Gasteiger partial charge in [0.15, 0.2) is 0 Å². The monoisotopic (exact) mass is 346 g/mol. The molecule has 1 atom stereocenters. The highest BCUT2D eigenvalue weighted by Crippen LogP contribution is 2.34. The van der Waals surface area contributed by atoms with Crippen molar-refractivity contribution in [3.05, 3.63) is 24.3 Å². The van der Waals surface area contributed by atoms with Gasteiger partial charge in [-0.3, -0.25) is 14.4 Å². The van der Waals surface area contributed by atoms with E-state index in [0.29, 0.717) is 44.0 Å². The maximum absolute atomic E-state index is 12.9. The molecule has 0 radical (unpaired) electrons. The molecule has 0 aliphatic carbocycles. The standard InChI is InChI=1S/C18H22N2O5/c1-3-24-15(21)12-8-10-20(11-9-12)17(23)18(2)16(22)19-13-6-4-5-7-14(13)25-18/h4-7,12H,3,8-11H2,1-2H3,(H,19,22). The molecule has 0 aromatic heterocycles. The molecular formula is C18H22N2O5. The lowest BCUT2D eigenvalue weighted by Gasteiger charge is -2.39. The molecule has 2 aliphatic rings. The molecule has 134 valence electrons. The second kappa shape index (κ2) is 6.74. The van der Waals surface area contributed by atoms with Crippen LogP contribution in [0.15, 0.2) is 24.3 Å². The van der Waals surface area contributed by atoms with Crippen LogP contribution in [0.25, 0.3) is 0 Å². The quantitative estimate of drug-likeness (QED) is 0.663. The molecule has 1 fully saturated rings. The van der Waals surface area contributed by atoms with E-state index >= 15 is 0 Å². The first-order valence-corrected chi connectivity index (χ1v) is 8.51. The SMILES string of the molecule is CCOC(=O)C1CCN(C(=O)C2(C)Oc3ccccc3NC2=O)CC1. The third kappa shape index (κ3) is 3.18. The van der Waals surface area contributed by atoms with Crippen LogP contribution >= 0.6 is 0 Å². The van der Waals surface area contributed by atoms with Crippen molar-refractivity contribution in [2.24, 2.45) is 5.92 Å². The van der Waals surface area contributed by atoms with Crippen molar-refractivity contribution in [2.45, 2.75) is 32.3 Å². The molecular weight excluding hydrogens is 324 g/mol. The van der Waals surface area contributed by atoms with Gasteiger partial charge in [0.05, 0.1) is 18.2 Å². The topological polar surface area (TPSA) is 84.9 Å². The van der Waals surface area contributed by atoms with Gasteiger partial charge < -0.3 is 19.7 Å². The molecule has 7 nitrogen and oxygen atoms in total. The van der Waals surface area contributed by atoms with Crippen molar-refractivity contribution in [1.29, 1.82) is 0 Å². The Morgan fingerprint density at radius 2 is 2.00 bits per heavy atom. The number of nitrogens with one attached hydrogen (secondary N) is 1. The number of benzene rings is 1. The number of carbonyl (C=O) groups excluding carboxylic acids is 3. The first kappa shape index (κ1) is 17.3. The normalized spacial score (nSPS) is 23.3. The largest absolute Gasteiger partial charge is 0.466 e. The molecule has 1 aromatic carbocycles. The van der Waals surface area contributed by atoms with Crippen molar-refractivity contribution >= 4 is 23.5 Å². The Morgan fingerprint density at radius 1 is 1.32 bits per heavy atom. The summed E-state index contributed by atoms with van der Waals surface area (Å²) in [6.07, 6.45) is 1.05. The van der Waals surface area contributed by atoms with Gasteiger partial charge in [-0.05, 0) is 38.8 Å². The van der Waals surface area contributed by atoms with Crippen LogP contribution in [0.4, 0.5) is 5.69 Å². The first-order valence-electron chi connectivity index (χ1n) is 8.51. The van der Waals surface area contributed by atoms with E-state index < -0.39 is 11.5 Å². The van der Waals surface area contributed by atoms with Crippen LogP contribution in [0.1, 0.15) is 26.7 Å². The molecule has 0 saturated carbocycles. The molecule has 2 amide bonds. The Morgan fingerprint density at radius 3 is 2.68 bits per heavy atom. The summed E-state index contributed by atoms with van der Waals surface area (Å²) in [6.45, 7) is 4.40. The minimum absolute atomic E-state index is 0.196. The van der Waals surface area contributed by atoms with E-state index in [4.69, 9.17) is 9.47 Å². The third-order valence-corrected chi connectivity index (χ3v) is 4.69. The zero-order valence-electron chi connectivity index (χ0n) is 14.4. The number of rotatable bonds is 3. The van der Waals surface area contributed by atoms with Gasteiger partial charge in [0, 0.05) is 13.1 Å². The fourth-order valence-corrected chi connectivity index (χ4v) is 3.19. The summed E-state index contributed by atoms with van der Waals surface area (Å²) < 4.78 is 10.8. The summed E-state index contributed by atoms with van der Waals surface area (Å²) in [4.78, 5) is 38.8. The molecule has 0 bridgehead atoms. The Labute approximate surface area is 146 Å². The summed E-state index contributed by atoms with van der Waals surface area (Å²) in [7, 11) is 0. The van der Waals surface area contributed by atoms with Gasteiger partial charge in [-0.2, -0.15) is 0 Å². The molecule has 1 aromatic rings. The summed E-state index contributed by atoms with van der Waals surface area (Å²) in [5, 5.41) is 2.73. The molecule has 2 heterocycles. The van der Waals surface area contributed by atoms with Gasteiger partial charge in [-0.1, -0.05) is 12.1 Å². The molecule has 25 heavy (non-hydrogen) atoms. The molecule has 0 spiro atoms. The Kier molecular flexibility index (Phi) is 4.65. The van der Waals surface area contributed by atoms with Crippen LogP contribution in [-0.2, 0) is 19.1 Å². The molecule has 1 N–H and O–H groups in total. The van der Waals surface area contributed by atoms with Crippen molar-refractivity contribution in [2.75, 3.05) is 25.0 Å². The highest BCUT2D eigenvalue weighted by Gasteiger charge is 2.49. The molecule has 7 heteroatoms. The Bertz CT molecular complexity index is 696. The predicted octanol–water partition coefficient (Wildman–Crippen LogP) is 1.58. The van der Waals surface area contributed by atoms with Crippen LogP contribution in [-0.4, -0.2) is 48.0 Å². The van der Waals surface area contributed by atoms with Crippen molar-refractivity contribution < 1.29 is 23.9 Å². The van der Waals surface area contributed by atoms with Gasteiger partial charge in [-0.25, -0.2) is 0 Å². The number of hydrogen-bond donors (Lipinski definition) is 1. The number of fused-ring (bicyclic) bond motifs is 1. The zero-order valence-corrected chi connectivity index (χ0v) is 14.4. The number of carbonyl (C=O) groups is 3. The fraction of sp³-hybridized carbons (Fsp3) is 0.500. The summed E-state index contributed by atoms with van der Waals surface area (Å²) >= 11 is 0. The molecule has 2 aliphatic heterocycles. The summed E-state index contributed by atoms with van der Waals surface area (Å²) in [5.74, 6) is -0.815. The number of hydrogen-bond acceptors (Lipinski definition) is 5. The highest BCUT2D eigenvalue weighted by atomic mass is 16.5. The van der Waals surface area contributed by atoms with E-state index in [-0.39, 0.29) is 17.8 Å². The third-order valence-electron chi connectivity index (χ3n) is 4.69. The van der Waals surface area contributed by atoms with E-state index in [0.717, 1.165) is 0 Å². The first-order chi connectivity index (χ1) is 12.0. The summed E-state index contributed by atoms with van der Waals surface area (Å²) in [5.41, 5.74) is -1.05. The maximum Gasteiger partial charge on any atom is 0.309 e. The lowest BCUT2D eigenvalue weighted by Crippen LogP contribution is -2.60. The maximum atomic E-state index is 12.9. The van der Waals surface area contributed by atoms with E-state index in [1.165, 1.54) is 6.92 Å². The molecule has 3 rings (SSSR count). The van der Waals surface area contributed by atoms with Crippen molar-refractivity contribution in [3.63, 3.8) is 0 Å². The number of ether oxygens (including phenoxy) is 2. The van der Waals surface area contributed by atoms with Gasteiger partial charge >= 0.3 is 5.97 Å². The fourth-order valence-electron chi connectivity index (χ4n) is 3.19. The van der Waals surface area contributed by atoms with Gasteiger partial charge in [0.2, 0.25) is 0 Å². The number of para-hydroxylation sites is 2. The average molecular weight is 346 g/mol. The van der Waals surface area contributed by atoms with Crippen molar-refractivity contribution in [1.82, 2.24) is 4.90 Å². The van der Waals surface area contributed by atoms with E-state index in [1.54, 1.807) is 36.1 Å². The average Bonchev–Trinajstić information content (AvgIpc) is 2.62. The Balaban J connectivity index is 1.69. The van der Waals surface area contributed by atoms with Gasteiger partial charge in [-0.15, -0.1) is 0 Å². The van der Waals surface area contributed by atoms with E-state index in [2.05, 4.69) is 5.32 Å². The van der Waals surface area contributed by atoms with E-state index in [1.807, 2.05) is 0 Å². The predicted molar refractivity (Wildman–Crippen MR) is 90.0 cm³/mol. The number of likely N-dealkylation sites (tertiary alicyclic amines) is 1. The van der Waals surface area contributed by atoms with Crippen LogP contribution in [0.3, 0.4) is 0 Å². The van der Waals surface area contributed by atoms with Gasteiger partial charge in [0.1, 0.15) is 5.75 Å². The molecule has 1 unspecified atom stereocenters. The van der Waals surface area contributed by atoms with E-state index in [9.17, 15) is 14.4 Å². The second-order valence-corrected chi connectivity index (χ2v) is 6.40. The summed E-state index contributed by atoms with van der Waals surface area (Å²) in [6, 6.07) is 7.01. The second-order valence-electron chi connectivity index (χ2n) is 6.40.